The molecule has 1 aromatic carbocycles. The highest BCUT2D eigenvalue weighted by molar-refractivity contribution is 5.68. The second-order valence-corrected chi connectivity index (χ2v) is 4.82. The molecule has 1 aliphatic carbocycles. The maximum Gasteiger partial charge on any atom is 0.118 e. The van der Waals surface area contributed by atoms with Crippen molar-refractivity contribution in [2.45, 2.75) is 37.6 Å². The van der Waals surface area contributed by atoms with E-state index in [1.807, 2.05) is 18.2 Å². The van der Waals surface area contributed by atoms with E-state index < -0.39 is 24.9 Å². The second-order valence-electron chi connectivity index (χ2n) is 4.82. The van der Waals surface area contributed by atoms with E-state index in [1.165, 1.54) is 17.3 Å². The lowest BCUT2D eigenvalue weighted by molar-refractivity contribution is -0.0541. The van der Waals surface area contributed by atoms with Crippen molar-refractivity contribution in [1.29, 1.82) is 0 Å². The molecule has 0 heterocycles. The molecule has 0 aliphatic heterocycles. The van der Waals surface area contributed by atoms with E-state index in [2.05, 4.69) is 4.99 Å². The smallest absolute Gasteiger partial charge is 0.118 e. The van der Waals surface area contributed by atoms with E-state index in [0.29, 0.717) is 5.69 Å². The van der Waals surface area contributed by atoms with Crippen LogP contribution in [0, 0.1) is 0 Å². The zero-order valence-electron chi connectivity index (χ0n) is 10.6. The zero-order valence-corrected chi connectivity index (χ0v) is 10.6. The summed E-state index contributed by atoms with van der Waals surface area (Å²) in [5.74, 6) is 0. The molecule has 0 fully saturated rings. The number of aryl methyl sites for hydroxylation is 2. The summed E-state index contributed by atoms with van der Waals surface area (Å²) in [6, 6.07) is 5.86. The van der Waals surface area contributed by atoms with Crippen molar-refractivity contribution in [2.24, 2.45) is 4.99 Å². The van der Waals surface area contributed by atoms with Gasteiger partial charge in [0.1, 0.15) is 18.3 Å². The van der Waals surface area contributed by atoms with Crippen molar-refractivity contribution < 1.29 is 20.4 Å². The molecule has 4 N–H and O–H groups in total. The Bertz CT molecular complexity index is 461. The maximum absolute atomic E-state index is 9.60. The Morgan fingerprint density at radius 1 is 1.16 bits per heavy atom. The number of hydrogen-bond donors (Lipinski definition) is 4. The lowest BCUT2D eigenvalue weighted by atomic mass is 10.1. The van der Waals surface area contributed by atoms with E-state index in [4.69, 9.17) is 5.11 Å². The number of hydrogen-bond acceptors (Lipinski definition) is 5. The van der Waals surface area contributed by atoms with Crippen LogP contribution in [0.25, 0.3) is 0 Å². The summed E-state index contributed by atoms with van der Waals surface area (Å²) in [6.45, 7) is -0.606. The van der Waals surface area contributed by atoms with Crippen molar-refractivity contribution in [1.82, 2.24) is 0 Å². The van der Waals surface area contributed by atoms with Gasteiger partial charge in [0.25, 0.3) is 0 Å². The van der Waals surface area contributed by atoms with Gasteiger partial charge < -0.3 is 20.4 Å². The number of rotatable bonds is 5. The number of aliphatic imine (C=N–C) groups is 1. The SMILES string of the molecule is OC[C@H](O)[C@@H](O)[C@H](O)C=Nc1ccc2c(c1)CCC2. The third-order valence-electron chi connectivity index (χ3n) is 3.39. The Hall–Kier alpha value is -1.27. The third kappa shape index (κ3) is 3.39. The molecule has 0 aromatic heterocycles. The first-order chi connectivity index (χ1) is 9.11. The molecule has 2 rings (SSSR count). The van der Waals surface area contributed by atoms with Crippen LogP contribution in [-0.2, 0) is 12.8 Å². The van der Waals surface area contributed by atoms with Crippen LogP contribution in [0.5, 0.6) is 0 Å². The van der Waals surface area contributed by atoms with Gasteiger partial charge in [-0.25, -0.2) is 0 Å². The average molecular weight is 265 g/mol. The number of nitrogens with zero attached hydrogens (tertiary/aromatic N) is 1. The summed E-state index contributed by atoms with van der Waals surface area (Å²) in [4.78, 5) is 4.09. The first-order valence-electron chi connectivity index (χ1n) is 6.43. The molecule has 19 heavy (non-hydrogen) atoms. The van der Waals surface area contributed by atoms with Gasteiger partial charge in [-0.2, -0.15) is 0 Å². The minimum absolute atomic E-state index is 0.606. The van der Waals surface area contributed by atoms with Crippen LogP contribution in [0.15, 0.2) is 23.2 Å². The fraction of sp³-hybridized carbons (Fsp3) is 0.500. The van der Waals surface area contributed by atoms with Gasteiger partial charge in [0.05, 0.1) is 12.3 Å². The van der Waals surface area contributed by atoms with Crippen LogP contribution in [0.3, 0.4) is 0 Å². The molecule has 0 unspecified atom stereocenters. The summed E-state index contributed by atoms with van der Waals surface area (Å²) in [6.07, 6.45) is 0.364. The Balaban J connectivity index is 2.02. The Morgan fingerprint density at radius 3 is 2.63 bits per heavy atom. The van der Waals surface area contributed by atoms with E-state index in [1.54, 1.807) is 0 Å². The quantitative estimate of drug-likeness (QED) is 0.562. The molecule has 104 valence electrons. The van der Waals surface area contributed by atoms with Crippen LogP contribution in [-0.4, -0.2) is 51.6 Å². The number of aliphatic hydroxyl groups is 4. The standard InChI is InChI=1S/C14H19NO4/c16-8-13(18)14(19)12(17)7-15-11-5-4-9-2-1-3-10(9)6-11/h4-7,12-14,16-19H,1-3,8H2/t12-,13+,14+/m1/s1. The van der Waals surface area contributed by atoms with Crippen molar-refractivity contribution in [2.75, 3.05) is 6.61 Å². The van der Waals surface area contributed by atoms with E-state index >= 15 is 0 Å². The molecular weight excluding hydrogens is 246 g/mol. The lowest BCUT2D eigenvalue weighted by Gasteiger charge is -2.18. The van der Waals surface area contributed by atoms with E-state index in [9.17, 15) is 15.3 Å². The van der Waals surface area contributed by atoms with Crippen LogP contribution in [0.4, 0.5) is 5.69 Å². The maximum atomic E-state index is 9.60. The van der Waals surface area contributed by atoms with Gasteiger partial charge in [-0.05, 0) is 42.5 Å². The molecule has 0 saturated heterocycles. The van der Waals surface area contributed by atoms with Gasteiger partial charge in [0, 0.05) is 6.21 Å². The molecule has 1 aromatic rings. The zero-order chi connectivity index (χ0) is 13.8. The molecule has 5 heteroatoms. The highest BCUT2D eigenvalue weighted by Gasteiger charge is 2.22. The summed E-state index contributed by atoms with van der Waals surface area (Å²) in [5, 5.41) is 37.0. The number of fused-ring (bicyclic) bond motifs is 1. The molecule has 0 bridgehead atoms. The fourth-order valence-electron chi connectivity index (χ4n) is 2.22. The van der Waals surface area contributed by atoms with Gasteiger partial charge in [0.2, 0.25) is 0 Å². The minimum atomic E-state index is -1.44. The molecule has 0 spiro atoms. The van der Waals surface area contributed by atoms with Gasteiger partial charge >= 0.3 is 0 Å². The second kappa shape index (κ2) is 6.25. The first-order valence-corrected chi connectivity index (χ1v) is 6.43. The van der Waals surface area contributed by atoms with E-state index in [-0.39, 0.29) is 0 Å². The Morgan fingerprint density at radius 2 is 1.89 bits per heavy atom. The van der Waals surface area contributed by atoms with Crippen LogP contribution in [0.1, 0.15) is 17.5 Å². The summed E-state index contributed by atoms with van der Waals surface area (Å²) < 4.78 is 0. The number of benzene rings is 1. The van der Waals surface area contributed by atoms with Gasteiger partial charge in [-0.15, -0.1) is 0 Å². The molecule has 5 nitrogen and oxygen atoms in total. The molecule has 0 saturated carbocycles. The Kier molecular flexibility index (Phi) is 4.66. The molecule has 0 radical (unpaired) electrons. The van der Waals surface area contributed by atoms with Gasteiger partial charge in [-0.3, -0.25) is 4.99 Å². The first kappa shape index (κ1) is 14.1. The van der Waals surface area contributed by atoms with Crippen molar-refractivity contribution in [3.05, 3.63) is 29.3 Å². The highest BCUT2D eigenvalue weighted by Crippen LogP contribution is 2.26. The molecular formula is C14H19NO4. The summed E-state index contributed by atoms with van der Waals surface area (Å²) in [5.41, 5.74) is 3.33. The predicted molar refractivity (Wildman–Crippen MR) is 71.7 cm³/mol. The van der Waals surface area contributed by atoms with Crippen LogP contribution >= 0.6 is 0 Å². The van der Waals surface area contributed by atoms with Gasteiger partial charge in [-0.1, -0.05) is 6.07 Å². The summed E-state index contributed by atoms with van der Waals surface area (Å²) in [7, 11) is 0. The molecule has 1 aliphatic rings. The lowest BCUT2D eigenvalue weighted by Crippen LogP contribution is -2.40. The van der Waals surface area contributed by atoms with Crippen molar-refractivity contribution >= 4 is 11.9 Å². The predicted octanol–water partition coefficient (Wildman–Crippen LogP) is -0.0474. The van der Waals surface area contributed by atoms with Crippen LogP contribution in [0.2, 0.25) is 0 Å². The average Bonchev–Trinajstić information content (AvgIpc) is 2.90. The van der Waals surface area contributed by atoms with Crippen molar-refractivity contribution in [3.63, 3.8) is 0 Å². The van der Waals surface area contributed by atoms with Gasteiger partial charge in [0.15, 0.2) is 0 Å². The monoisotopic (exact) mass is 265 g/mol. The fourth-order valence-corrected chi connectivity index (χ4v) is 2.22. The van der Waals surface area contributed by atoms with Crippen LogP contribution < -0.4 is 0 Å². The topological polar surface area (TPSA) is 93.3 Å². The Labute approximate surface area is 111 Å². The van der Waals surface area contributed by atoms with Crippen molar-refractivity contribution in [3.8, 4) is 0 Å². The third-order valence-corrected chi connectivity index (χ3v) is 3.39. The minimum Gasteiger partial charge on any atom is -0.394 e. The number of aliphatic hydroxyl groups excluding tert-OH is 4. The van der Waals surface area contributed by atoms with E-state index in [0.717, 1.165) is 19.3 Å². The normalized spacial score (nSPS) is 19.4. The largest absolute Gasteiger partial charge is 0.394 e. The summed E-state index contributed by atoms with van der Waals surface area (Å²) >= 11 is 0. The molecule has 0 amide bonds. The highest BCUT2D eigenvalue weighted by atomic mass is 16.4. The molecule has 3 atom stereocenters.